The summed E-state index contributed by atoms with van der Waals surface area (Å²) in [5, 5.41) is 3.34. The van der Waals surface area contributed by atoms with Crippen LogP contribution in [-0.2, 0) is 17.9 Å². The van der Waals surface area contributed by atoms with E-state index in [4.69, 9.17) is 0 Å². The van der Waals surface area contributed by atoms with Crippen LogP contribution in [0, 0.1) is 0 Å². The van der Waals surface area contributed by atoms with Gasteiger partial charge in [-0.25, -0.2) is 0 Å². The molecule has 0 bridgehead atoms. The van der Waals surface area contributed by atoms with Crippen molar-refractivity contribution in [3.05, 3.63) is 71.8 Å². The predicted molar refractivity (Wildman–Crippen MR) is 94.9 cm³/mol. The molecule has 1 amide bonds. The Balaban J connectivity index is 1.79. The van der Waals surface area contributed by atoms with Crippen molar-refractivity contribution in [1.82, 2.24) is 10.2 Å². The summed E-state index contributed by atoms with van der Waals surface area (Å²) in [6.45, 7) is 6.31. The topological polar surface area (TPSA) is 32.3 Å². The molecule has 2 aromatic carbocycles. The van der Waals surface area contributed by atoms with Crippen molar-refractivity contribution in [3.8, 4) is 0 Å². The Kier molecular flexibility index (Phi) is 6.82. The minimum Gasteiger partial charge on any atom is -0.336 e. The summed E-state index contributed by atoms with van der Waals surface area (Å²) >= 11 is 0. The van der Waals surface area contributed by atoms with Crippen molar-refractivity contribution in [3.63, 3.8) is 0 Å². The molecule has 122 valence electrons. The molecular formula is C20H26N2O. The molecule has 3 heteroatoms. The van der Waals surface area contributed by atoms with Gasteiger partial charge in [-0.3, -0.25) is 4.79 Å². The van der Waals surface area contributed by atoms with Crippen molar-refractivity contribution >= 4 is 5.91 Å². The Morgan fingerprint density at radius 3 is 2.09 bits per heavy atom. The average molecular weight is 310 g/mol. The Morgan fingerprint density at radius 1 is 0.957 bits per heavy atom. The molecule has 0 aromatic heterocycles. The Morgan fingerprint density at radius 2 is 1.52 bits per heavy atom. The largest absolute Gasteiger partial charge is 0.336 e. The van der Waals surface area contributed by atoms with E-state index >= 15 is 0 Å². The maximum absolute atomic E-state index is 12.5. The van der Waals surface area contributed by atoms with Gasteiger partial charge in [-0.15, -0.1) is 0 Å². The highest BCUT2D eigenvalue weighted by Crippen LogP contribution is 2.09. The number of nitrogens with zero attached hydrogens (tertiary/aromatic N) is 1. The van der Waals surface area contributed by atoms with Gasteiger partial charge in [0.05, 0.1) is 0 Å². The maximum Gasteiger partial charge on any atom is 0.224 e. The predicted octanol–water partition coefficient (Wildman–Crippen LogP) is 3.60. The van der Waals surface area contributed by atoms with Gasteiger partial charge in [0, 0.05) is 32.1 Å². The van der Waals surface area contributed by atoms with E-state index in [9.17, 15) is 4.79 Å². The van der Waals surface area contributed by atoms with Gasteiger partial charge in [-0.2, -0.15) is 0 Å². The van der Waals surface area contributed by atoms with E-state index in [1.54, 1.807) is 0 Å². The number of hydrogen-bond acceptors (Lipinski definition) is 2. The second-order valence-corrected chi connectivity index (χ2v) is 6.01. The highest BCUT2D eigenvalue weighted by molar-refractivity contribution is 5.76. The molecule has 0 atom stereocenters. The maximum atomic E-state index is 12.5. The standard InChI is InChI=1S/C20H26N2O/c1-17(2)22(16-19-11-7-4-8-12-19)20(23)13-14-21-15-18-9-5-3-6-10-18/h3-12,17,21H,13-16H2,1-2H3. The minimum atomic E-state index is 0.199. The summed E-state index contributed by atoms with van der Waals surface area (Å²) in [6, 6.07) is 20.6. The quantitative estimate of drug-likeness (QED) is 0.756. The summed E-state index contributed by atoms with van der Waals surface area (Å²) in [4.78, 5) is 14.4. The first-order chi connectivity index (χ1) is 11.2. The van der Waals surface area contributed by atoms with Gasteiger partial charge in [0.1, 0.15) is 0 Å². The zero-order valence-corrected chi connectivity index (χ0v) is 14.0. The van der Waals surface area contributed by atoms with Crippen LogP contribution in [-0.4, -0.2) is 23.4 Å². The molecule has 0 saturated heterocycles. The summed E-state index contributed by atoms with van der Waals surface area (Å²) in [7, 11) is 0. The number of benzene rings is 2. The van der Waals surface area contributed by atoms with Gasteiger partial charge in [0.2, 0.25) is 5.91 Å². The summed E-state index contributed by atoms with van der Waals surface area (Å²) in [5.41, 5.74) is 2.41. The van der Waals surface area contributed by atoms with Crippen molar-refractivity contribution < 1.29 is 4.79 Å². The lowest BCUT2D eigenvalue weighted by Crippen LogP contribution is -2.37. The molecule has 0 fully saturated rings. The van der Waals surface area contributed by atoms with E-state index in [2.05, 4.69) is 43.4 Å². The number of carbonyl (C=O) groups is 1. The average Bonchev–Trinajstić information content (AvgIpc) is 2.58. The van der Waals surface area contributed by atoms with Gasteiger partial charge in [-0.05, 0) is 25.0 Å². The van der Waals surface area contributed by atoms with E-state index in [1.165, 1.54) is 11.1 Å². The summed E-state index contributed by atoms with van der Waals surface area (Å²) < 4.78 is 0. The van der Waals surface area contributed by atoms with Gasteiger partial charge in [-0.1, -0.05) is 60.7 Å². The summed E-state index contributed by atoms with van der Waals surface area (Å²) in [5.74, 6) is 0.199. The number of amides is 1. The third-order valence-electron chi connectivity index (χ3n) is 3.83. The van der Waals surface area contributed by atoms with Crippen LogP contribution in [0.2, 0.25) is 0 Å². The molecule has 0 saturated carbocycles. The Bertz CT molecular complexity index is 581. The minimum absolute atomic E-state index is 0.199. The normalized spacial score (nSPS) is 10.7. The molecule has 0 spiro atoms. The van der Waals surface area contributed by atoms with Crippen LogP contribution in [0.4, 0.5) is 0 Å². The van der Waals surface area contributed by atoms with E-state index in [1.807, 2.05) is 41.3 Å². The van der Waals surface area contributed by atoms with E-state index in [-0.39, 0.29) is 11.9 Å². The molecule has 0 aliphatic carbocycles. The second-order valence-electron chi connectivity index (χ2n) is 6.01. The fraction of sp³-hybridized carbons (Fsp3) is 0.350. The second kappa shape index (κ2) is 9.11. The van der Waals surface area contributed by atoms with Crippen LogP contribution >= 0.6 is 0 Å². The van der Waals surface area contributed by atoms with Crippen LogP contribution in [0.5, 0.6) is 0 Å². The molecule has 0 unspecified atom stereocenters. The van der Waals surface area contributed by atoms with Crippen molar-refractivity contribution in [2.45, 2.75) is 39.4 Å². The molecule has 0 heterocycles. The van der Waals surface area contributed by atoms with Gasteiger partial charge in [0.15, 0.2) is 0 Å². The lowest BCUT2D eigenvalue weighted by atomic mass is 10.1. The smallest absolute Gasteiger partial charge is 0.224 e. The molecule has 0 radical (unpaired) electrons. The summed E-state index contributed by atoms with van der Waals surface area (Å²) in [6.07, 6.45) is 0.526. The molecule has 2 aromatic rings. The van der Waals surface area contributed by atoms with Gasteiger partial charge >= 0.3 is 0 Å². The molecule has 2 rings (SSSR count). The zero-order chi connectivity index (χ0) is 16.5. The third-order valence-corrected chi connectivity index (χ3v) is 3.83. The molecule has 23 heavy (non-hydrogen) atoms. The molecule has 3 nitrogen and oxygen atoms in total. The third kappa shape index (κ3) is 5.87. The van der Waals surface area contributed by atoms with Crippen LogP contribution in [0.25, 0.3) is 0 Å². The number of carbonyl (C=O) groups excluding carboxylic acids is 1. The first kappa shape index (κ1) is 17.2. The van der Waals surface area contributed by atoms with Crippen LogP contribution in [0.1, 0.15) is 31.4 Å². The Labute approximate surface area is 139 Å². The van der Waals surface area contributed by atoms with Crippen molar-refractivity contribution in [2.24, 2.45) is 0 Å². The number of hydrogen-bond donors (Lipinski definition) is 1. The lowest BCUT2D eigenvalue weighted by molar-refractivity contribution is -0.133. The number of nitrogens with one attached hydrogen (secondary N) is 1. The molecule has 0 aliphatic heterocycles. The lowest BCUT2D eigenvalue weighted by Gasteiger charge is -2.27. The fourth-order valence-corrected chi connectivity index (χ4v) is 2.51. The van der Waals surface area contributed by atoms with Crippen LogP contribution in [0.3, 0.4) is 0 Å². The molecule has 0 aliphatic rings. The molecule has 1 N–H and O–H groups in total. The zero-order valence-electron chi connectivity index (χ0n) is 14.0. The highest BCUT2D eigenvalue weighted by atomic mass is 16.2. The van der Waals surface area contributed by atoms with Crippen molar-refractivity contribution in [1.29, 1.82) is 0 Å². The van der Waals surface area contributed by atoms with Gasteiger partial charge in [0.25, 0.3) is 0 Å². The number of rotatable bonds is 8. The first-order valence-electron chi connectivity index (χ1n) is 8.25. The van der Waals surface area contributed by atoms with E-state index in [0.29, 0.717) is 19.5 Å². The monoisotopic (exact) mass is 310 g/mol. The van der Waals surface area contributed by atoms with Crippen LogP contribution < -0.4 is 5.32 Å². The van der Waals surface area contributed by atoms with Crippen molar-refractivity contribution in [2.75, 3.05) is 6.54 Å². The SMILES string of the molecule is CC(C)N(Cc1ccccc1)C(=O)CCNCc1ccccc1. The van der Waals surface area contributed by atoms with E-state index in [0.717, 1.165) is 6.54 Å². The van der Waals surface area contributed by atoms with E-state index < -0.39 is 0 Å². The van der Waals surface area contributed by atoms with Gasteiger partial charge < -0.3 is 10.2 Å². The Hall–Kier alpha value is -2.13. The van der Waals surface area contributed by atoms with Crippen LogP contribution in [0.15, 0.2) is 60.7 Å². The first-order valence-corrected chi connectivity index (χ1v) is 8.25. The molecular weight excluding hydrogens is 284 g/mol. The fourth-order valence-electron chi connectivity index (χ4n) is 2.51. The highest BCUT2D eigenvalue weighted by Gasteiger charge is 2.16.